The van der Waals surface area contributed by atoms with Crippen LogP contribution in [-0.2, 0) is 11.3 Å². The highest BCUT2D eigenvalue weighted by atomic mass is 19.1. The summed E-state index contributed by atoms with van der Waals surface area (Å²) in [5, 5.41) is 9.98. The molecular formula is C18H21FN2O3. The van der Waals surface area contributed by atoms with Crippen LogP contribution in [0.2, 0.25) is 0 Å². The number of carbonyl (C=O) groups is 1. The molecule has 0 bridgehead atoms. The Morgan fingerprint density at radius 1 is 1.42 bits per heavy atom. The highest BCUT2D eigenvalue weighted by Gasteiger charge is 2.33. The fourth-order valence-electron chi connectivity index (χ4n) is 3.13. The lowest BCUT2D eigenvalue weighted by molar-refractivity contribution is -0.132. The van der Waals surface area contributed by atoms with Crippen molar-refractivity contribution < 1.29 is 18.7 Å². The first kappa shape index (κ1) is 16.7. The molecular weight excluding hydrogens is 311 g/mol. The number of aliphatic hydroxyl groups excluding tert-OH is 1. The van der Waals surface area contributed by atoms with Gasteiger partial charge in [0.25, 0.3) is 0 Å². The van der Waals surface area contributed by atoms with Gasteiger partial charge in [0, 0.05) is 19.6 Å². The van der Waals surface area contributed by atoms with E-state index >= 15 is 0 Å². The van der Waals surface area contributed by atoms with E-state index < -0.39 is 6.10 Å². The van der Waals surface area contributed by atoms with Gasteiger partial charge in [-0.3, -0.25) is 9.69 Å². The standard InChI is InChI=1S/C18H21FN2O3/c1-20(11-16-6-3-7-24-16)18(23)12-21-10-15(22)9-17(21)13-4-2-5-14(19)8-13/h2-8,15,17,22H,9-12H2,1H3. The number of aliphatic hydroxyl groups is 1. The summed E-state index contributed by atoms with van der Waals surface area (Å²) >= 11 is 0. The molecule has 2 heterocycles. The highest BCUT2D eigenvalue weighted by Crippen LogP contribution is 2.32. The largest absolute Gasteiger partial charge is 0.467 e. The minimum atomic E-state index is -0.513. The molecule has 1 fully saturated rings. The van der Waals surface area contributed by atoms with Crippen molar-refractivity contribution in [2.75, 3.05) is 20.1 Å². The average Bonchev–Trinajstić information content (AvgIpc) is 3.17. The Labute approximate surface area is 140 Å². The number of halogens is 1. The zero-order valence-electron chi connectivity index (χ0n) is 13.6. The predicted molar refractivity (Wildman–Crippen MR) is 86.5 cm³/mol. The molecule has 2 aromatic rings. The first-order chi connectivity index (χ1) is 11.5. The molecule has 1 saturated heterocycles. The lowest BCUT2D eigenvalue weighted by Gasteiger charge is -2.26. The summed E-state index contributed by atoms with van der Waals surface area (Å²) in [4.78, 5) is 16.0. The number of likely N-dealkylation sites (N-methyl/N-ethyl adjacent to an activating group) is 1. The molecule has 0 aliphatic carbocycles. The van der Waals surface area contributed by atoms with Gasteiger partial charge in [-0.1, -0.05) is 12.1 Å². The molecule has 128 valence electrons. The lowest BCUT2D eigenvalue weighted by Crippen LogP contribution is -2.38. The zero-order valence-corrected chi connectivity index (χ0v) is 13.6. The Balaban J connectivity index is 1.66. The van der Waals surface area contributed by atoms with Gasteiger partial charge in [0.05, 0.1) is 25.5 Å². The summed E-state index contributed by atoms with van der Waals surface area (Å²) in [6.07, 6.45) is 1.56. The SMILES string of the molecule is CN(Cc1ccco1)C(=O)CN1CC(O)CC1c1cccc(F)c1. The number of hydrogen-bond donors (Lipinski definition) is 1. The van der Waals surface area contributed by atoms with Gasteiger partial charge in [-0.25, -0.2) is 4.39 Å². The van der Waals surface area contributed by atoms with Crippen LogP contribution >= 0.6 is 0 Å². The molecule has 0 spiro atoms. The molecule has 1 N–H and O–H groups in total. The summed E-state index contributed by atoms with van der Waals surface area (Å²) in [5.74, 6) is 0.339. The van der Waals surface area contributed by atoms with Crippen molar-refractivity contribution in [1.82, 2.24) is 9.80 Å². The number of likely N-dealkylation sites (tertiary alicyclic amines) is 1. The fourth-order valence-corrected chi connectivity index (χ4v) is 3.13. The quantitative estimate of drug-likeness (QED) is 0.912. The van der Waals surface area contributed by atoms with Crippen LogP contribution in [0.15, 0.2) is 47.1 Å². The number of benzene rings is 1. The van der Waals surface area contributed by atoms with E-state index in [-0.39, 0.29) is 24.3 Å². The molecule has 24 heavy (non-hydrogen) atoms. The van der Waals surface area contributed by atoms with E-state index in [2.05, 4.69) is 0 Å². The molecule has 1 aliphatic rings. The minimum Gasteiger partial charge on any atom is -0.467 e. The molecule has 6 heteroatoms. The number of rotatable bonds is 5. The van der Waals surface area contributed by atoms with Gasteiger partial charge in [-0.05, 0) is 36.2 Å². The second-order valence-corrected chi connectivity index (χ2v) is 6.22. The Morgan fingerprint density at radius 2 is 2.25 bits per heavy atom. The van der Waals surface area contributed by atoms with Crippen molar-refractivity contribution in [3.05, 3.63) is 59.8 Å². The Kier molecular flexibility index (Phi) is 4.97. The van der Waals surface area contributed by atoms with Crippen LogP contribution in [0.5, 0.6) is 0 Å². The first-order valence-electron chi connectivity index (χ1n) is 7.97. The average molecular weight is 332 g/mol. The van der Waals surface area contributed by atoms with Gasteiger partial charge >= 0.3 is 0 Å². The third-order valence-corrected chi connectivity index (χ3v) is 4.35. The first-order valence-corrected chi connectivity index (χ1v) is 7.97. The van der Waals surface area contributed by atoms with E-state index in [1.54, 1.807) is 30.3 Å². The van der Waals surface area contributed by atoms with Crippen molar-refractivity contribution in [3.63, 3.8) is 0 Å². The Morgan fingerprint density at radius 3 is 2.96 bits per heavy atom. The third-order valence-electron chi connectivity index (χ3n) is 4.35. The van der Waals surface area contributed by atoms with E-state index in [4.69, 9.17) is 4.42 Å². The monoisotopic (exact) mass is 332 g/mol. The van der Waals surface area contributed by atoms with Crippen LogP contribution < -0.4 is 0 Å². The third kappa shape index (κ3) is 3.83. The molecule has 0 saturated carbocycles. The van der Waals surface area contributed by atoms with Gasteiger partial charge in [-0.15, -0.1) is 0 Å². The van der Waals surface area contributed by atoms with Crippen LogP contribution in [-0.4, -0.2) is 47.1 Å². The van der Waals surface area contributed by atoms with Crippen LogP contribution in [0.4, 0.5) is 4.39 Å². The molecule has 3 rings (SSSR count). The molecule has 2 unspecified atom stereocenters. The van der Waals surface area contributed by atoms with Crippen LogP contribution in [0.1, 0.15) is 23.8 Å². The second kappa shape index (κ2) is 7.15. The predicted octanol–water partition coefficient (Wildman–Crippen LogP) is 2.19. The lowest BCUT2D eigenvalue weighted by atomic mass is 10.0. The van der Waals surface area contributed by atoms with Crippen molar-refractivity contribution in [2.24, 2.45) is 0 Å². The van der Waals surface area contributed by atoms with Crippen molar-refractivity contribution >= 4 is 5.91 Å². The van der Waals surface area contributed by atoms with Crippen molar-refractivity contribution in [1.29, 1.82) is 0 Å². The molecule has 1 aromatic carbocycles. The summed E-state index contributed by atoms with van der Waals surface area (Å²) in [6, 6.07) is 9.78. The highest BCUT2D eigenvalue weighted by molar-refractivity contribution is 5.78. The Bertz CT molecular complexity index is 689. The molecule has 1 amide bonds. The van der Waals surface area contributed by atoms with Gasteiger partial charge in [0.15, 0.2) is 0 Å². The normalized spacial score (nSPS) is 21.1. The maximum Gasteiger partial charge on any atom is 0.236 e. The minimum absolute atomic E-state index is 0.0677. The van der Waals surface area contributed by atoms with Crippen LogP contribution in [0, 0.1) is 5.82 Å². The van der Waals surface area contributed by atoms with Gasteiger partial charge < -0.3 is 14.4 Å². The van der Waals surface area contributed by atoms with E-state index in [0.717, 1.165) is 5.56 Å². The maximum absolute atomic E-state index is 13.5. The van der Waals surface area contributed by atoms with E-state index in [0.29, 0.717) is 25.3 Å². The smallest absolute Gasteiger partial charge is 0.236 e. The fraction of sp³-hybridized carbons (Fsp3) is 0.389. The molecule has 0 radical (unpaired) electrons. The topological polar surface area (TPSA) is 56.9 Å². The number of furan rings is 1. The van der Waals surface area contributed by atoms with Gasteiger partial charge in [0.1, 0.15) is 11.6 Å². The van der Waals surface area contributed by atoms with Gasteiger partial charge in [0.2, 0.25) is 5.91 Å². The maximum atomic E-state index is 13.5. The van der Waals surface area contributed by atoms with Crippen LogP contribution in [0.25, 0.3) is 0 Å². The van der Waals surface area contributed by atoms with E-state index in [9.17, 15) is 14.3 Å². The summed E-state index contributed by atoms with van der Waals surface area (Å²) < 4.78 is 18.7. The number of β-amino-alcohol motifs (C(OH)–C–C–N with tert-alkyl or cyclic N) is 1. The molecule has 1 aliphatic heterocycles. The van der Waals surface area contributed by atoms with Crippen molar-refractivity contribution in [2.45, 2.75) is 25.1 Å². The number of nitrogens with zero attached hydrogens (tertiary/aromatic N) is 2. The van der Waals surface area contributed by atoms with E-state index in [1.807, 2.05) is 17.0 Å². The summed E-state index contributed by atoms with van der Waals surface area (Å²) in [7, 11) is 1.72. The van der Waals surface area contributed by atoms with Gasteiger partial charge in [-0.2, -0.15) is 0 Å². The second-order valence-electron chi connectivity index (χ2n) is 6.22. The summed E-state index contributed by atoms with van der Waals surface area (Å²) in [6.45, 7) is 0.976. The zero-order chi connectivity index (χ0) is 17.1. The van der Waals surface area contributed by atoms with E-state index in [1.165, 1.54) is 12.1 Å². The van der Waals surface area contributed by atoms with Crippen molar-refractivity contribution in [3.8, 4) is 0 Å². The Hall–Kier alpha value is -2.18. The molecule has 2 atom stereocenters. The molecule has 5 nitrogen and oxygen atoms in total. The number of carbonyl (C=O) groups excluding carboxylic acids is 1. The number of amides is 1. The van der Waals surface area contributed by atoms with Crippen LogP contribution in [0.3, 0.4) is 0 Å². The summed E-state index contributed by atoms with van der Waals surface area (Å²) in [5.41, 5.74) is 0.785. The molecule has 1 aromatic heterocycles. The number of hydrogen-bond acceptors (Lipinski definition) is 4.